The summed E-state index contributed by atoms with van der Waals surface area (Å²) in [6.45, 7) is 0. The van der Waals surface area contributed by atoms with Gasteiger partial charge in [0.05, 0.1) is 5.97 Å². The number of para-hydroxylation sites is 5. The van der Waals surface area contributed by atoms with Crippen LogP contribution < -0.4 is 44.1 Å². The molecule has 0 saturated heterocycles. The number of carbonyl (C=O) groups is 5. The van der Waals surface area contributed by atoms with Gasteiger partial charge in [0.1, 0.15) is 51.0 Å². The molecule has 5 aromatic carbocycles. The molecule has 0 aliphatic heterocycles. The van der Waals surface area contributed by atoms with Crippen molar-refractivity contribution in [2.45, 2.75) is 0 Å². The van der Waals surface area contributed by atoms with Crippen LogP contribution >= 0.6 is 0 Å². The van der Waals surface area contributed by atoms with E-state index in [2.05, 4.69) is 0 Å². The van der Waals surface area contributed by atoms with Crippen LogP contribution in [-0.2, 0) is 0 Å². The normalized spacial score (nSPS) is 9.55. The predicted octanol–water partition coefficient (Wildman–Crippen LogP) is 1.38. The van der Waals surface area contributed by atoms with Gasteiger partial charge in [0.2, 0.25) is 0 Å². The summed E-state index contributed by atoms with van der Waals surface area (Å²) in [7, 11) is 0. The van der Waals surface area contributed by atoms with Gasteiger partial charge in [0.25, 0.3) is 0 Å². The summed E-state index contributed by atoms with van der Waals surface area (Å²) < 4.78 is 9.99. The summed E-state index contributed by atoms with van der Waals surface area (Å²) in [4.78, 5) is 55.8. The van der Waals surface area contributed by atoms with Gasteiger partial charge >= 0.3 is 53.4 Å². The van der Waals surface area contributed by atoms with E-state index in [0.29, 0.717) is 0 Å². The van der Waals surface area contributed by atoms with Crippen LogP contribution in [0.4, 0.5) is 0 Å². The van der Waals surface area contributed by atoms with E-state index in [1.807, 2.05) is 0 Å². The molecule has 0 aliphatic carbocycles. The summed E-state index contributed by atoms with van der Waals surface area (Å²) in [5, 5.41) is 56.0. The Morgan fingerprint density at radius 3 is 0.959 bits per heavy atom. The average molecular weight is 677 g/mol. The van der Waals surface area contributed by atoms with Gasteiger partial charge in [0, 0.05) is 5.56 Å². The first-order chi connectivity index (χ1) is 22.9. The molecule has 14 heteroatoms. The number of carbonyl (C=O) groups excluding carboxylic acids is 3. The molecule has 0 atom stereocenters. The summed E-state index contributed by atoms with van der Waals surface area (Å²) >= 11 is 0. The zero-order chi connectivity index (χ0) is 35.2. The number of hydrogen-bond acceptors (Lipinski definition) is 11. The molecule has 0 aliphatic rings. The standard InChI is InChI=1S/2C14H10O5.C7H6O3.Na/c2*15-11-7-3-1-5-9(11)14(18)19-12-8-4-2-6-10(12)13(16)17;8-6-4-2-1-3-5(6)7(9)10;/h2*1-8,15H,(H,16,17);1-4,8H,(H,9,10);/q;;;+1/p-1. The number of hydrogen-bond donors (Lipinski definition) is 5. The Morgan fingerprint density at radius 2 is 0.694 bits per heavy atom. The van der Waals surface area contributed by atoms with Crippen LogP contribution in [0, 0.1) is 0 Å². The number of carboxylic acid groups (broad SMARTS) is 3. The van der Waals surface area contributed by atoms with E-state index in [1.165, 1.54) is 78.9 Å². The van der Waals surface area contributed by atoms with Crippen LogP contribution in [0.1, 0.15) is 51.8 Å². The average Bonchev–Trinajstić information content (AvgIpc) is 3.06. The van der Waals surface area contributed by atoms with E-state index >= 15 is 0 Å². The third kappa shape index (κ3) is 11.3. The van der Waals surface area contributed by atoms with Gasteiger partial charge in [-0.05, 0) is 60.7 Å². The molecule has 49 heavy (non-hydrogen) atoms. The molecule has 5 N–H and O–H groups in total. The molecule has 0 aromatic heterocycles. The Morgan fingerprint density at radius 1 is 0.429 bits per heavy atom. The van der Waals surface area contributed by atoms with Crippen molar-refractivity contribution < 1.29 is 93.6 Å². The molecule has 0 unspecified atom stereocenters. The number of ether oxygens (including phenoxy) is 2. The fourth-order valence-corrected chi connectivity index (χ4v) is 3.71. The maximum Gasteiger partial charge on any atom is 1.00 e. The zero-order valence-corrected chi connectivity index (χ0v) is 27.5. The van der Waals surface area contributed by atoms with Gasteiger partial charge in [-0.1, -0.05) is 60.7 Å². The number of esters is 2. The fraction of sp³-hybridized carbons (Fsp3) is 0. The fourth-order valence-electron chi connectivity index (χ4n) is 3.71. The van der Waals surface area contributed by atoms with Crippen LogP contribution in [0.2, 0.25) is 0 Å². The van der Waals surface area contributed by atoms with Crippen molar-refractivity contribution in [1.82, 2.24) is 0 Å². The van der Waals surface area contributed by atoms with Crippen molar-refractivity contribution in [2.75, 3.05) is 0 Å². The van der Waals surface area contributed by atoms with Crippen LogP contribution in [-0.4, -0.2) is 55.4 Å². The number of phenols is 3. The van der Waals surface area contributed by atoms with Gasteiger partial charge in [0.15, 0.2) is 0 Å². The van der Waals surface area contributed by atoms with Gasteiger partial charge in [-0.25, -0.2) is 19.2 Å². The molecular formula is C35H25NaO13. The smallest absolute Gasteiger partial charge is 0.545 e. The molecule has 13 nitrogen and oxygen atoms in total. The molecule has 0 bridgehead atoms. The maximum atomic E-state index is 11.8. The second kappa shape index (κ2) is 18.9. The number of rotatable bonds is 7. The maximum absolute atomic E-state index is 11.8. The Labute approximate surface area is 300 Å². The van der Waals surface area contributed by atoms with E-state index in [-0.39, 0.29) is 86.1 Å². The number of benzene rings is 5. The minimum Gasteiger partial charge on any atom is -0.545 e. The first kappa shape index (κ1) is 39.0. The van der Waals surface area contributed by atoms with Gasteiger partial charge in [-0.2, -0.15) is 0 Å². The van der Waals surface area contributed by atoms with Crippen LogP contribution in [0.15, 0.2) is 121 Å². The molecule has 5 aromatic rings. The second-order valence-corrected chi connectivity index (χ2v) is 9.22. The first-order valence-corrected chi connectivity index (χ1v) is 13.5. The van der Waals surface area contributed by atoms with Crippen LogP contribution in [0.5, 0.6) is 28.7 Å². The summed E-state index contributed by atoms with van der Waals surface area (Å²) in [6.07, 6.45) is 0. The Bertz CT molecular complexity index is 1840. The predicted molar refractivity (Wildman–Crippen MR) is 165 cm³/mol. The molecule has 0 spiro atoms. The van der Waals surface area contributed by atoms with E-state index in [0.717, 1.165) is 0 Å². The second-order valence-electron chi connectivity index (χ2n) is 9.22. The molecule has 5 rings (SSSR count). The molecule has 0 amide bonds. The van der Waals surface area contributed by atoms with E-state index < -0.39 is 29.8 Å². The first-order valence-electron chi connectivity index (χ1n) is 13.5. The van der Waals surface area contributed by atoms with Crippen molar-refractivity contribution >= 4 is 29.8 Å². The number of aromatic carboxylic acids is 3. The van der Waals surface area contributed by atoms with Crippen molar-refractivity contribution in [1.29, 1.82) is 0 Å². The molecule has 0 fully saturated rings. The zero-order valence-electron chi connectivity index (χ0n) is 25.5. The molecule has 244 valence electrons. The third-order valence-corrected chi connectivity index (χ3v) is 6.01. The Hall–Kier alpha value is -6.15. The van der Waals surface area contributed by atoms with Crippen molar-refractivity contribution in [3.63, 3.8) is 0 Å². The van der Waals surface area contributed by atoms with Gasteiger partial charge in [-0.15, -0.1) is 0 Å². The van der Waals surface area contributed by atoms with Crippen molar-refractivity contribution in [3.8, 4) is 28.7 Å². The van der Waals surface area contributed by atoms with Gasteiger partial charge in [-0.3, -0.25) is 0 Å². The Balaban J connectivity index is 0.000000265. The summed E-state index contributed by atoms with van der Waals surface area (Å²) in [5.74, 6) is -6.22. The van der Waals surface area contributed by atoms with Crippen LogP contribution in [0.25, 0.3) is 0 Å². The number of carboxylic acids is 3. The van der Waals surface area contributed by atoms with Crippen molar-refractivity contribution in [3.05, 3.63) is 149 Å². The van der Waals surface area contributed by atoms with E-state index in [4.69, 9.17) is 24.8 Å². The molecule has 0 saturated carbocycles. The van der Waals surface area contributed by atoms with Gasteiger partial charge < -0.3 is 44.9 Å². The SMILES string of the molecule is O=C(Oc1ccccc1C(=O)O)c1ccccc1O.O=C(Oc1ccccc1C(=O)O)c1ccccc1O.O=C([O-])c1ccccc1O.[Na+]. The Kier molecular flexibility index (Phi) is 15.0. The van der Waals surface area contributed by atoms with E-state index in [1.54, 1.807) is 42.5 Å². The summed E-state index contributed by atoms with van der Waals surface area (Å²) in [6, 6.07) is 29.0. The minimum absolute atomic E-state index is 0. The minimum atomic E-state index is -1.36. The largest absolute Gasteiger partial charge is 1.00 e. The molecular weight excluding hydrogens is 651 g/mol. The molecule has 0 heterocycles. The molecule has 0 radical (unpaired) electrons. The third-order valence-electron chi connectivity index (χ3n) is 6.01. The topological polar surface area (TPSA) is 228 Å². The quantitative estimate of drug-likeness (QED) is 0.0934. The number of aromatic hydroxyl groups is 3. The number of phenolic OH excluding ortho intramolecular Hbond substituents is 2. The van der Waals surface area contributed by atoms with Crippen molar-refractivity contribution in [2.24, 2.45) is 0 Å². The van der Waals surface area contributed by atoms with E-state index in [9.17, 15) is 39.3 Å². The van der Waals surface area contributed by atoms with Crippen LogP contribution in [0.3, 0.4) is 0 Å². The monoisotopic (exact) mass is 676 g/mol. The summed E-state index contributed by atoms with van der Waals surface area (Å²) in [5.41, 5.74) is -0.467.